The molecule has 0 heterocycles. The fourth-order valence-electron chi connectivity index (χ4n) is 2.34. The van der Waals surface area contributed by atoms with E-state index in [0.29, 0.717) is 5.56 Å². The molecular formula is C17H24FN2O5. The molecule has 0 bridgehead atoms. The summed E-state index contributed by atoms with van der Waals surface area (Å²) in [5.74, 6) is -2.93. The molecule has 25 heavy (non-hydrogen) atoms. The quantitative estimate of drug-likeness (QED) is 0.307. The van der Waals surface area contributed by atoms with E-state index in [9.17, 15) is 24.2 Å². The zero-order valence-electron chi connectivity index (χ0n) is 14.0. The van der Waals surface area contributed by atoms with Crippen molar-refractivity contribution in [2.45, 2.75) is 44.3 Å². The Morgan fingerprint density at radius 2 is 2.04 bits per heavy atom. The highest BCUT2D eigenvalue weighted by atomic mass is 19.1. The average molecular weight is 355 g/mol. The molecule has 1 unspecified atom stereocenters. The number of rotatable bonds is 10. The molecule has 2 amide bonds. The SMILES string of the molecule is CC(O)(CC[C@H](C[C@@H](O)[CH]Cc1ccccc1F)C(=O)NO)C(N)=O. The molecule has 1 aromatic carbocycles. The van der Waals surface area contributed by atoms with E-state index in [-0.39, 0.29) is 25.7 Å². The molecule has 0 aliphatic rings. The summed E-state index contributed by atoms with van der Waals surface area (Å²) in [5.41, 5.74) is 5.17. The second-order valence-corrected chi connectivity index (χ2v) is 6.18. The van der Waals surface area contributed by atoms with Crippen LogP contribution in [0.15, 0.2) is 24.3 Å². The summed E-state index contributed by atoms with van der Waals surface area (Å²) < 4.78 is 13.5. The van der Waals surface area contributed by atoms with E-state index < -0.39 is 35.3 Å². The Kier molecular flexibility index (Phi) is 7.95. The van der Waals surface area contributed by atoms with Crippen molar-refractivity contribution in [3.05, 3.63) is 42.1 Å². The number of nitrogens with two attached hydrogens (primary N) is 1. The third-order valence-electron chi connectivity index (χ3n) is 4.09. The van der Waals surface area contributed by atoms with Gasteiger partial charge < -0.3 is 15.9 Å². The number of hydrogen-bond donors (Lipinski definition) is 5. The fraction of sp³-hybridized carbons (Fsp3) is 0.471. The van der Waals surface area contributed by atoms with Crippen LogP contribution in [-0.4, -0.2) is 38.9 Å². The van der Waals surface area contributed by atoms with Gasteiger partial charge in [0.15, 0.2) is 0 Å². The summed E-state index contributed by atoms with van der Waals surface area (Å²) in [7, 11) is 0. The van der Waals surface area contributed by atoms with Crippen LogP contribution in [-0.2, 0) is 16.0 Å². The summed E-state index contributed by atoms with van der Waals surface area (Å²) >= 11 is 0. The van der Waals surface area contributed by atoms with Crippen LogP contribution >= 0.6 is 0 Å². The number of carbonyl (C=O) groups is 2. The van der Waals surface area contributed by atoms with Crippen molar-refractivity contribution in [1.29, 1.82) is 0 Å². The number of hydrogen-bond acceptors (Lipinski definition) is 5. The van der Waals surface area contributed by atoms with E-state index in [1.807, 2.05) is 0 Å². The Labute approximate surface area is 145 Å². The number of benzene rings is 1. The highest BCUT2D eigenvalue weighted by molar-refractivity contribution is 5.82. The van der Waals surface area contributed by atoms with Crippen LogP contribution in [0.1, 0.15) is 31.7 Å². The molecule has 0 spiro atoms. The van der Waals surface area contributed by atoms with Gasteiger partial charge in [-0.15, -0.1) is 0 Å². The number of aliphatic hydroxyl groups is 2. The Balaban J connectivity index is 2.60. The molecule has 0 aliphatic heterocycles. The topological polar surface area (TPSA) is 133 Å². The highest BCUT2D eigenvalue weighted by Crippen LogP contribution is 2.22. The van der Waals surface area contributed by atoms with Gasteiger partial charge in [0, 0.05) is 5.92 Å². The van der Waals surface area contributed by atoms with E-state index in [4.69, 9.17) is 10.9 Å². The lowest BCUT2D eigenvalue weighted by atomic mass is 9.88. The molecule has 3 atom stereocenters. The maximum atomic E-state index is 13.5. The second kappa shape index (κ2) is 9.45. The van der Waals surface area contributed by atoms with Crippen LogP contribution in [0.3, 0.4) is 0 Å². The minimum Gasteiger partial charge on any atom is -0.393 e. The molecule has 6 N–H and O–H groups in total. The van der Waals surface area contributed by atoms with Crippen molar-refractivity contribution in [1.82, 2.24) is 5.48 Å². The first-order valence-electron chi connectivity index (χ1n) is 7.88. The van der Waals surface area contributed by atoms with Gasteiger partial charge in [0.2, 0.25) is 11.8 Å². The maximum Gasteiger partial charge on any atom is 0.249 e. The van der Waals surface area contributed by atoms with E-state index in [2.05, 4.69) is 0 Å². The Bertz CT molecular complexity index is 594. The molecular weight excluding hydrogens is 331 g/mol. The number of carbonyl (C=O) groups excluding carboxylic acids is 2. The summed E-state index contributed by atoms with van der Waals surface area (Å²) in [6.07, 6.45) is 0.423. The van der Waals surface area contributed by atoms with Crippen molar-refractivity contribution in [3.8, 4) is 0 Å². The van der Waals surface area contributed by atoms with Gasteiger partial charge in [0.1, 0.15) is 11.4 Å². The minimum absolute atomic E-state index is 0.0208. The minimum atomic E-state index is -1.80. The summed E-state index contributed by atoms with van der Waals surface area (Å²) in [4.78, 5) is 22.8. The third kappa shape index (κ3) is 6.77. The lowest BCUT2D eigenvalue weighted by Crippen LogP contribution is -2.42. The van der Waals surface area contributed by atoms with Crippen LogP contribution in [0.5, 0.6) is 0 Å². The largest absolute Gasteiger partial charge is 0.393 e. The monoisotopic (exact) mass is 355 g/mol. The first kappa shape index (κ1) is 21.0. The van der Waals surface area contributed by atoms with E-state index >= 15 is 0 Å². The molecule has 0 aromatic heterocycles. The molecule has 1 rings (SSSR count). The zero-order valence-corrected chi connectivity index (χ0v) is 14.0. The number of halogens is 1. The lowest BCUT2D eigenvalue weighted by molar-refractivity contribution is -0.138. The molecule has 7 nitrogen and oxygen atoms in total. The van der Waals surface area contributed by atoms with E-state index in [0.717, 1.165) is 0 Å². The molecule has 1 radical (unpaired) electrons. The third-order valence-corrected chi connectivity index (χ3v) is 4.09. The van der Waals surface area contributed by atoms with E-state index in [1.165, 1.54) is 24.9 Å². The van der Waals surface area contributed by atoms with Crippen LogP contribution in [0.25, 0.3) is 0 Å². The number of primary amides is 1. The van der Waals surface area contributed by atoms with Crippen molar-refractivity contribution in [2.24, 2.45) is 11.7 Å². The fourth-order valence-corrected chi connectivity index (χ4v) is 2.34. The van der Waals surface area contributed by atoms with Crippen LogP contribution < -0.4 is 11.2 Å². The number of amides is 2. The van der Waals surface area contributed by atoms with Gasteiger partial charge in [-0.05, 0) is 50.7 Å². The predicted molar refractivity (Wildman–Crippen MR) is 87.5 cm³/mol. The van der Waals surface area contributed by atoms with Crippen molar-refractivity contribution in [2.75, 3.05) is 0 Å². The molecule has 0 saturated carbocycles. The van der Waals surface area contributed by atoms with Crippen LogP contribution in [0.2, 0.25) is 0 Å². The molecule has 8 heteroatoms. The maximum absolute atomic E-state index is 13.5. The first-order chi connectivity index (χ1) is 11.7. The smallest absolute Gasteiger partial charge is 0.249 e. The van der Waals surface area contributed by atoms with Gasteiger partial charge in [-0.1, -0.05) is 18.2 Å². The van der Waals surface area contributed by atoms with Crippen molar-refractivity contribution >= 4 is 11.8 Å². The molecule has 0 fully saturated rings. The van der Waals surface area contributed by atoms with Gasteiger partial charge in [-0.25, -0.2) is 9.87 Å². The number of aliphatic hydroxyl groups excluding tert-OH is 1. The predicted octanol–water partition coefficient (Wildman–Crippen LogP) is 0.462. The summed E-state index contributed by atoms with van der Waals surface area (Å²) in [6.45, 7) is 1.23. The first-order valence-corrected chi connectivity index (χ1v) is 7.88. The van der Waals surface area contributed by atoms with Crippen molar-refractivity contribution in [3.63, 3.8) is 0 Å². The van der Waals surface area contributed by atoms with Gasteiger partial charge >= 0.3 is 0 Å². The number of hydroxylamine groups is 1. The summed E-state index contributed by atoms with van der Waals surface area (Å²) in [6, 6.07) is 6.12. The van der Waals surface area contributed by atoms with Crippen molar-refractivity contribution < 1.29 is 29.4 Å². The second-order valence-electron chi connectivity index (χ2n) is 6.18. The van der Waals surface area contributed by atoms with Crippen LogP contribution in [0.4, 0.5) is 4.39 Å². The lowest BCUT2D eigenvalue weighted by Gasteiger charge is -2.23. The average Bonchev–Trinajstić information content (AvgIpc) is 2.57. The van der Waals surface area contributed by atoms with Gasteiger partial charge in [-0.3, -0.25) is 14.8 Å². The highest BCUT2D eigenvalue weighted by Gasteiger charge is 2.31. The Hall–Kier alpha value is -2.03. The number of nitrogens with one attached hydrogen (secondary N) is 1. The van der Waals surface area contributed by atoms with Gasteiger partial charge in [-0.2, -0.15) is 0 Å². The molecule has 0 aliphatic carbocycles. The molecule has 1 aromatic rings. The van der Waals surface area contributed by atoms with Gasteiger partial charge in [0.05, 0.1) is 6.10 Å². The molecule has 0 saturated heterocycles. The summed E-state index contributed by atoms with van der Waals surface area (Å²) in [5, 5.41) is 28.7. The zero-order chi connectivity index (χ0) is 19.0. The normalized spacial score (nSPS) is 15.9. The standard InChI is InChI=1S/C17H24FN2O5/c1-17(24,16(19)23)9-8-12(15(22)20-25)10-13(21)7-6-11-4-2-3-5-14(11)18/h2-5,7,12-13,21,24-25H,6,8-10H2,1H3,(H2,19,23)(H,20,22)/t12-,13+,17?/m1/s1. The van der Waals surface area contributed by atoms with Crippen LogP contribution in [0, 0.1) is 18.2 Å². The Morgan fingerprint density at radius 1 is 1.40 bits per heavy atom. The molecule has 139 valence electrons. The van der Waals surface area contributed by atoms with E-state index in [1.54, 1.807) is 18.2 Å². The van der Waals surface area contributed by atoms with Gasteiger partial charge in [0.25, 0.3) is 0 Å². The Morgan fingerprint density at radius 3 is 2.60 bits per heavy atom.